The molecular weight excluding hydrogens is 278 g/mol. The van der Waals surface area contributed by atoms with Gasteiger partial charge in [-0.15, -0.1) is 0 Å². The van der Waals surface area contributed by atoms with Crippen LogP contribution >= 0.6 is 0 Å². The summed E-state index contributed by atoms with van der Waals surface area (Å²) in [5.41, 5.74) is 0. The van der Waals surface area contributed by atoms with Crippen LogP contribution in [0.1, 0.15) is 39.5 Å². The Morgan fingerprint density at radius 2 is 1.35 bits per heavy atom. The number of rotatable bonds is 8. The van der Waals surface area contributed by atoms with E-state index in [1.165, 1.54) is 0 Å². The van der Waals surface area contributed by atoms with Crippen LogP contribution < -0.4 is 10.6 Å². The average Bonchev–Trinajstić information content (AvgIpc) is 2.30. The number of carbonyl (C=O) groups excluding carboxylic acids is 2. The molecule has 0 unspecified atom stereocenters. The van der Waals surface area contributed by atoms with Crippen LogP contribution in [-0.4, -0.2) is 25.3 Å². The summed E-state index contributed by atoms with van der Waals surface area (Å²) in [4.78, 5) is 22.1. The van der Waals surface area contributed by atoms with Crippen LogP contribution in [0.25, 0.3) is 0 Å². The van der Waals surface area contributed by atoms with Gasteiger partial charge in [-0.1, -0.05) is 0 Å². The summed E-state index contributed by atoms with van der Waals surface area (Å²) in [5.74, 6) is 0. The minimum atomic E-state index is -2.00. The van der Waals surface area contributed by atoms with E-state index in [1.807, 2.05) is 13.8 Å². The third-order valence-electron chi connectivity index (χ3n) is 1.98. The van der Waals surface area contributed by atoms with Crippen LogP contribution in [-0.2, 0) is 25.0 Å². The van der Waals surface area contributed by atoms with E-state index >= 15 is 0 Å². The molecule has 0 aromatic carbocycles. The zero-order chi connectivity index (χ0) is 12.9. The van der Waals surface area contributed by atoms with Gasteiger partial charge in [0.1, 0.15) is 0 Å². The molecule has 0 saturated carbocycles. The van der Waals surface area contributed by atoms with E-state index in [9.17, 15) is 9.59 Å². The fraction of sp³-hybridized carbons (Fsp3) is 0.800. The Kier molecular flexibility index (Phi) is 11.1. The maximum atomic E-state index is 11.1. The second-order valence-electron chi connectivity index (χ2n) is 3.54. The molecule has 0 aliphatic rings. The van der Waals surface area contributed by atoms with Gasteiger partial charge in [-0.2, -0.15) is 0 Å². The quantitative estimate of drug-likeness (QED) is 0.530. The Balaban J connectivity index is 3.36. The van der Waals surface area contributed by atoms with Crippen molar-refractivity contribution in [2.75, 3.05) is 13.1 Å². The second kappa shape index (κ2) is 11.6. The normalized spacial score (nSPS) is 9.06. The third kappa shape index (κ3) is 11.4. The fourth-order valence-corrected chi connectivity index (χ4v) is 1.97. The van der Waals surface area contributed by atoms with E-state index < -0.39 is 30.0 Å². The second-order valence-corrected chi connectivity index (χ2v) is 5.25. The third-order valence-corrected chi connectivity index (χ3v) is 3.57. The zero-order valence-corrected chi connectivity index (χ0v) is 13.5. The molecule has 0 aliphatic carbocycles. The van der Waals surface area contributed by atoms with Crippen molar-refractivity contribution in [3.8, 4) is 0 Å². The molecule has 0 rings (SSSR count). The summed E-state index contributed by atoms with van der Waals surface area (Å²) in [6.07, 6.45) is 2.89. The first-order chi connectivity index (χ1) is 8.20. The van der Waals surface area contributed by atoms with E-state index in [0.717, 1.165) is 25.7 Å². The fourth-order valence-electron chi connectivity index (χ4n) is 0.973. The standard InChI is InChI=1S/2C5H11NO2.Zn/c2*1-2-3-4-6-5(7)8;/h2*6H,2-4H2,1H3,(H,7,8);/q;;+2/p-2. The Hall–Kier alpha value is -0.837. The van der Waals surface area contributed by atoms with Crippen LogP contribution in [0, 0.1) is 0 Å². The molecule has 0 atom stereocenters. The van der Waals surface area contributed by atoms with Crippen molar-refractivity contribution >= 4 is 12.2 Å². The number of nitrogens with one attached hydrogen (secondary N) is 2. The van der Waals surface area contributed by atoms with Gasteiger partial charge >= 0.3 is 110 Å². The molecule has 2 amide bonds. The molecule has 0 aliphatic heterocycles. The van der Waals surface area contributed by atoms with Crippen molar-refractivity contribution in [2.24, 2.45) is 0 Å². The summed E-state index contributed by atoms with van der Waals surface area (Å²) in [6, 6.07) is 0. The molecule has 17 heavy (non-hydrogen) atoms. The van der Waals surface area contributed by atoms with Crippen LogP contribution in [0.5, 0.6) is 0 Å². The zero-order valence-electron chi connectivity index (χ0n) is 10.6. The van der Waals surface area contributed by atoms with Crippen LogP contribution in [0.15, 0.2) is 0 Å². The molecule has 0 aromatic heterocycles. The number of carbonyl (C=O) groups is 2. The number of amides is 2. The number of hydrogen-bond donors (Lipinski definition) is 2. The molecule has 0 heterocycles. The first-order valence-electron chi connectivity index (χ1n) is 6.02. The Labute approximate surface area is 110 Å². The van der Waals surface area contributed by atoms with Crippen LogP contribution in [0.3, 0.4) is 0 Å². The van der Waals surface area contributed by atoms with Crippen molar-refractivity contribution in [1.29, 1.82) is 0 Å². The van der Waals surface area contributed by atoms with E-state index in [0.29, 0.717) is 13.1 Å². The van der Waals surface area contributed by atoms with Gasteiger partial charge in [0.05, 0.1) is 0 Å². The van der Waals surface area contributed by atoms with E-state index in [1.54, 1.807) is 0 Å². The van der Waals surface area contributed by atoms with Crippen molar-refractivity contribution < 1.29 is 34.6 Å². The molecule has 0 fully saturated rings. The van der Waals surface area contributed by atoms with Gasteiger partial charge < -0.3 is 0 Å². The van der Waals surface area contributed by atoms with Crippen LogP contribution in [0.2, 0.25) is 0 Å². The maximum absolute atomic E-state index is 11.1. The monoisotopic (exact) mass is 296 g/mol. The summed E-state index contributed by atoms with van der Waals surface area (Å²) >= 11 is -2.00. The molecule has 6 nitrogen and oxygen atoms in total. The SMILES string of the molecule is CCCCNC(=O)[O][Zn][O]C(=O)NCCCC. The summed E-state index contributed by atoms with van der Waals surface area (Å²) < 4.78 is 9.64. The molecular formula is C10H20N2O4Zn. The van der Waals surface area contributed by atoms with Gasteiger partial charge in [0.2, 0.25) is 0 Å². The number of unbranched alkanes of at least 4 members (excludes halogenated alkanes) is 2. The summed E-state index contributed by atoms with van der Waals surface area (Å²) in [6.45, 7) is 5.27. The molecule has 7 heteroatoms. The molecule has 2 N–H and O–H groups in total. The Morgan fingerprint density at radius 1 is 0.941 bits per heavy atom. The van der Waals surface area contributed by atoms with Gasteiger partial charge in [0, 0.05) is 0 Å². The average molecular weight is 298 g/mol. The van der Waals surface area contributed by atoms with E-state index in [2.05, 4.69) is 10.6 Å². The van der Waals surface area contributed by atoms with Crippen LogP contribution in [0.4, 0.5) is 9.59 Å². The molecule has 0 aromatic rings. The molecule has 0 bridgehead atoms. The predicted octanol–water partition coefficient (Wildman–Crippen LogP) is 1.95. The molecule has 0 radical (unpaired) electrons. The molecule has 96 valence electrons. The predicted molar refractivity (Wildman–Crippen MR) is 58.8 cm³/mol. The van der Waals surface area contributed by atoms with Crippen molar-refractivity contribution in [1.82, 2.24) is 10.6 Å². The minimum absolute atomic E-state index is 0.486. The van der Waals surface area contributed by atoms with Crippen molar-refractivity contribution in [2.45, 2.75) is 39.5 Å². The molecule has 0 spiro atoms. The number of hydrogen-bond acceptors (Lipinski definition) is 4. The van der Waals surface area contributed by atoms with Crippen molar-refractivity contribution in [3.05, 3.63) is 0 Å². The first-order valence-corrected chi connectivity index (χ1v) is 8.44. The van der Waals surface area contributed by atoms with Gasteiger partial charge in [0.15, 0.2) is 0 Å². The summed E-state index contributed by atoms with van der Waals surface area (Å²) in [7, 11) is 0. The van der Waals surface area contributed by atoms with Gasteiger partial charge in [-0.25, -0.2) is 0 Å². The van der Waals surface area contributed by atoms with Crippen molar-refractivity contribution in [3.63, 3.8) is 0 Å². The Bertz CT molecular complexity index is 204. The van der Waals surface area contributed by atoms with E-state index in [-0.39, 0.29) is 0 Å². The van der Waals surface area contributed by atoms with Gasteiger partial charge in [-0.05, 0) is 0 Å². The van der Waals surface area contributed by atoms with Gasteiger partial charge in [-0.3, -0.25) is 0 Å². The summed E-state index contributed by atoms with van der Waals surface area (Å²) in [5, 5.41) is 5.17. The molecule has 0 saturated heterocycles. The first kappa shape index (κ1) is 16.2. The topological polar surface area (TPSA) is 76.7 Å². The Morgan fingerprint density at radius 3 is 1.71 bits per heavy atom. The van der Waals surface area contributed by atoms with E-state index in [4.69, 9.17) is 7.13 Å². The van der Waals surface area contributed by atoms with Gasteiger partial charge in [0.25, 0.3) is 0 Å².